The molecule has 31 heavy (non-hydrogen) atoms. The van der Waals surface area contributed by atoms with Crippen LogP contribution in [-0.2, 0) is 21.7 Å². The smallest absolute Gasteiger partial charge is 0.246 e. The summed E-state index contributed by atoms with van der Waals surface area (Å²) in [4.78, 5) is 18.3. The van der Waals surface area contributed by atoms with E-state index in [1.165, 1.54) is 38.2 Å². The molecule has 1 aromatic heterocycles. The van der Waals surface area contributed by atoms with E-state index in [4.69, 9.17) is 14.2 Å². The molecule has 9 nitrogen and oxygen atoms in total. The van der Waals surface area contributed by atoms with Gasteiger partial charge < -0.3 is 23.7 Å². The van der Waals surface area contributed by atoms with Gasteiger partial charge in [0.25, 0.3) is 0 Å². The predicted octanol–water partition coefficient (Wildman–Crippen LogP) is 1.92. The van der Waals surface area contributed by atoms with Crippen LogP contribution in [0.1, 0.15) is 18.4 Å². The number of benzene rings is 1. The van der Waals surface area contributed by atoms with Crippen molar-refractivity contribution in [3.8, 4) is 17.2 Å². The van der Waals surface area contributed by atoms with E-state index in [1.807, 2.05) is 0 Å². The van der Waals surface area contributed by atoms with Crippen molar-refractivity contribution < 1.29 is 27.4 Å². The summed E-state index contributed by atoms with van der Waals surface area (Å²) in [6, 6.07) is 3.49. The maximum atomic E-state index is 12.8. The fraction of sp³-hybridized carbons (Fsp3) is 0.429. The van der Waals surface area contributed by atoms with E-state index in [0.717, 1.165) is 5.56 Å². The molecule has 1 aliphatic heterocycles. The lowest BCUT2D eigenvalue weighted by Crippen LogP contribution is -2.42. The van der Waals surface area contributed by atoms with Crippen LogP contribution in [0.4, 0.5) is 0 Å². The Kier molecular flexibility index (Phi) is 6.89. The van der Waals surface area contributed by atoms with Crippen LogP contribution in [0.15, 0.2) is 35.8 Å². The second kappa shape index (κ2) is 9.42. The lowest BCUT2D eigenvalue weighted by molar-refractivity contribution is -0.126. The number of imidazole rings is 1. The Morgan fingerprint density at radius 1 is 1.10 bits per heavy atom. The quantitative estimate of drug-likeness (QED) is 0.596. The molecule has 1 amide bonds. The molecule has 1 saturated heterocycles. The second-order valence-electron chi connectivity index (χ2n) is 7.18. The number of methoxy groups -OCH3 is 3. The van der Waals surface area contributed by atoms with Gasteiger partial charge in [-0.25, -0.2) is 13.4 Å². The van der Waals surface area contributed by atoms with Crippen molar-refractivity contribution in [3.63, 3.8) is 0 Å². The Morgan fingerprint density at radius 2 is 1.71 bits per heavy atom. The van der Waals surface area contributed by atoms with Crippen LogP contribution >= 0.6 is 0 Å². The first-order valence-corrected chi connectivity index (χ1v) is 11.3. The molecule has 1 aliphatic rings. The van der Waals surface area contributed by atoms with Crippen LogP contribution in [-0.4, -0.2) is 68.4 Å². The monoisotopic (exact) mass is 449 g/mol. The Morgan fingerprint density at radius 3 is 2.19 bits per heavy atom. The van der Waals surface area contributed by atoms with E-state index in [-0.39, 0.29) is 11.1 Å². The average molecular weight is 450 g/mol. The number of hydrogen-bond donors (Lipinski definition) is 0. The molecule has 3 rings (SSSR count). The molecule has 10 heteroatoms. The zero-order chi connectivity index (χ0) is 22.6. The molecular weight excluding hydrogens is 422 g/mol. The SMILES string of the molecule is COc1cc(C=CC(=O)N2CCC(S(=O)(=O)c3nccn3C)CC2)cc(OC)c1OC. The first kappa shape index (κ1) is 22.7. The second-order valence-corrected chi connectivity index (χ2v) is 9.30. The summed E-state index contributed by atoms with van der Waals surface area (Å²) in [6.07, 6.45) is 6.97. The molecule has 1 aromatic carbocycles. The molecule has 0 radical (unpaired) electrons. The van der Waals surface area contributed by atoms with Gasteiger partial charge in [-0.15, -0.1) is 0 Å². The van der Waals surface area contributed by atoms with Gasteiger partial charge in [0.2, 0.25) is 26.7 Å². The fourth-order valence-corrected chi connectivity index (χ4v) is 5.43. The summed E-state index contributed by atoms with van der Waals surface area (Å²) >= 11 is 0. The third-order valence-corrected chi connectivity index (χ3v) is 7.58. The van der Waals surface area contributed by atoms with Gasteiger partial charge in [-0.1, -0.05) is 0 Å². The van der Waals surface area contributed by atoms with E-state index in [9.17, 15) is 13.2 Å². The molecule has 0 saturated carbocycles. The van der Waals surface area contributed by atoms with Crippen LogP contribution in [0.2, 0.25) is 0 Å². The van der Waals surface area contributed by atoms with Gasteiger partial charge in [0, 0.05) is 38.6 Å². The van der Waals surface area contributed by atoms with Crippen LogP contribution in [0.5, 0.6) is 17.2 Å². The van der Waals surface area contributed by atoms with Gasteiger partial charge in [0.15, 0.2) is 11.5 Å². The van der Waals surface area contributed by atoms with Crippen molar-refractivity contribution in [1.29, 1.82) is 0 Å². The highest BCUT2D eigenvalue weighted by atomic mass is 32.2. The molecule has 168 valence electrons. The predicted molar refractivity (Wildman–Crippen MR) is 115 cm³/mol. The van der Waals surface area contributed by atoms with E-state index in [0.29, 0.717) is 43.2 Å². The maximum absolute atomic E-state index is 12.8. The summed E-state index contributed by atoms with van der Waals surface area (Å²) in [6.45, 7) is 0.736. The van der Waals surface area contributed by atoms with Gasteiger partial charge in [-0.2, -0.15) is 0 Å². The van der Waals surface area contributed by atoms with Gasteiger partial charge in [0.1, 0.15) is 0 Å². The third-order valence-electron chi connectivity index (χ3n) is 5.33. The van der Waals surface area contributed by atoms with Crippen LogP contribution in [0.25, 0.3) is 6.08 Å². The first-order valence-electron chi connectivity index (χ1n) is 9.80. The number of piperidine rings is 1. The van der Waals surface area contributed by atoms with Gasteiger partial charge in [-0.3, -0.25) is 4.79 Å². The highest BCUT2D eigenvalue weighted by Gasteiger charge is 2.34. The molecule has 1 fully saturated rings. The first-order chi connectivity index (χ1) is 14.8. The molecule has 2 heterocycles. The summed E-state index contributed by atoms with van der Waals surface area (Å²) in [5.41, 5.74) is 0.718. The Hall–Kier alpha value is -3.01. The van der Waals surface area contributed by atoms with Gasteiger partial charge in [0.05, 0.1) is 26.6 Å². The number of likely N-dealkylation sites (tertiary alicyclic amines) is 1. The highest BCUT2D eigenvalue weighted by Crippen LogP contribution is 2.38. The largest absolute Gasteiger partial charge is 0.493 e. The minimum absolute atomic E-state index is 0.0690. The lowest BCUT2D eigenvalue weighted by atomic mass is 10.1. The number of aryl methyl sites for hydroxylation is 1. The van der Waals surface area contributed by atoms with Crippen molar-refractivity contribution in [2.75, 3.05) is 34.4 Å². The molecule has 2 aromatic rings. The zero-order valence-corrected chi connectivity index (χ0v) is 18.9. The Labute approximate surface area is 182 Å². The molecule has 0 N–H and O–H groups in total. The Bertz CT molecular complexity index is 1040. The summed E-state index contributed by atoms with van der Waals surface area (Å²) in [7, 11) is 2.72. The van der Waals surface area contributed by atoms with E-state index < -0.39 is 15.1 Å². The molecule has 0 atom stereocenters. The fourth-order valence-electron chi connectivity index (χ4n) is 3.63. The molecule has 0 bridgehead atoms. The summed E-state index contributed by atoms with van der Waals surface area (Å²) in [5.74, 6) is 1.29. The van der Waals surface area contributed by atoms with Crippen molar-refractivity contribution in [2.45, 2.75) is 23.2 Å². The molecule has 0 aliphatic carbocycles. The van der Waals surface area contributed by atoms with Crippen molar-refractivity contribution in [2.24, 2.45) is 7.05 Å². The van der Waals surface area contributed by atoms with E-state index >= 15 is 0 Å². The number of aromatic nitrogens is 2. The van der Waals surface area contributed by atoms with E-state index in [2.05, 4.69) is 4.98 Å². The number of carbonyl (C=O) groups is 1. The third kappa shape index (κ3) is 4.68. The Balaban J connectivity index is 1.67. The van der Waals surface area contributed by atoms with Crippen LogP contribution in [0, 0.1) is 0 Å². The number of hydrogen-bond acceptors (Lipinski definition) is 7. The van der Waals surface area contributed by atoms with Crippen LogP contribution < -0.4 is 14.2 Å². The number of sulfone groups is 1. The number of nitrogens with zero attached hydrogens (tertiary/aromatic N) is 3. The summed E-state index contributed by atoms with van der Waals surface area (Å²) in [5, 5.41) is -0.476. The number of amides is 1. The topological polar surface area (TPSA) is 100.0 Å². The molecular formula is C21H27N3O6S. The number of carbonyl (C=O) groups excluding carboxylic acids is 1. The summed E-state index contributed by atoms with van der Waals surface area (Å²) < 4.78 is 43.1. The van der Waals surface area contributed by atoms with Crippen molar-refractivity contribution in [3.05, 3.63) is 36.2 Å². The van der Waals surface area contributed by atoms with E-state index in [1.54, 1.807) is 36.4 Å². The van der Waals surface area contributed by atoms with Crippen molar-refractivity contribution in [1.82, 2.24) is 14.5 Å². The van der Waals surface area contributed by atoms with Crippen LogP contribution in [0.3, 0.4) is 0 Å². The molecule has 0 unspecified atom stereocenters. The average Bonchev–Trinajstić information content (AvgIpc) is 3.23. The zero-order valence-electron chi connectivity index (χ0n) is 18.1. The minimum atomic E-state index is -3.52. The van der Waals surface area contributed by atoms with Gasteiger partial charge in [-0.05, 0) is 36.6 Å². The van der Waals surface area contributed by atoms with Gasteiger partial charge >= 0.3 is 0 Å². The normalized spacial score (nSPS) is 15.3. The standard InChI is InChI=1S/C21H27N3O6S/c1-23-12-9-22-21(23)31(26,27)16-7-10-24(11-8-16)19(25)6-5-15-13-17(28-2)20(30-4)18(14-15)29-3/h5-6,9,12-14,16H,7-8,10-11H2,1-4H3. The lowest BCUT2D eigenvalue weighted by Gasteiger charge is -2.30. The number of ether oxygens (including phenoxy) is 3. The maximum Gasteiger partial charge on any atom is 0.246 e. The minimum Gasteiger partial charge on any atom is -0.493 e. The highest BCUT2D eigenvalue weighted by molar-refractivity contribution is 7.91. The number of rotatable bonds is 7. The van der Waals surface area contributed by atoms with Crippen molar-refractivity contribution >= 4 is 21.8 Å². The molecule has 0 spiro atoms.